The third-order valence-corrected chi connectivity index (χ3v) is 5.62. The lowest BCUT2D eigenvalue weighted by atomic mass is 10.1. The van der Waals surface area contributed by atoms with Crippen molar-refractivity contribution in [3.8, 4) is 11.3 Å². The average molecular weight is 435 g/mol. The van der Waals surface area contributed by atoms with E-state index in [0.29, 0.717) is 37.4 Å². The SMILES string of the molecule is O=C(c1cnn2c(C(F)F)cc(-c3ccccc3)nc12)N1CCN(c2cccc[nH+]2)CC1. The number of aromatic amines is 1. The van der Waals surface area contributed by atoms with Crippen LogP contribution in [0.25, 0.3) is 16.9 Å². The van der Waals surface area contributed by atoms with Crippen LogP contribution >= 0.6 is 0 Å². The van der Waals surface area contributed by atoms with Crippen molar-refractivity contribution in [2.45, 2.75) is 6.43 Å². The quantitative estimate of drug-likeness (QED) is 0.494. The number of H-pyrrole nitrogens is 1. The van der Waals surface area contributed by atoms with E-state index in [0.717, 1.165) is 10.3 Å². The monoisotopic (exact) mass is 435 g/mol. The lowest BCUT2D eigenvalue weighted by molar-refractivity contribution is -0.364. The molecule has 0 spiro atoms. The summed E-state index contributed by atoms with van der Waals surface area (Å²) in [5.74, 6) is 0.737. The van der Waals surface area contributed by atoms with E-state index in [-0.39, 0.29) is 22.8 Å². The van der Waals surface area contributed by atoms with Crippen molar-refractivity contribution in [2.75, 3.05) is 31.1 Å². The van der Waals surface area contributed by atoms with Crippen molar-refractivity contribution in [3.63, 3.8) is 0 Å². The molecule has 4 heterocycles. The van der Waals surface area contributed by atoms with Gasteiger partial charge in [-0.15, -0.1) is 0 Å². The summed E-state index contributed by atoms with van der Waals surface area (Å²) in [6.07, 6.45) is 0.446. The van der Waals surface area contributed by atoms with Gasteiger partial charge < -0.3 is 4.90 Å². The predicted octanol–water partition coefficient (Wildman–Crippen LogP) is 3.11. The van der Waals surface area contributed by atoms with Crippen LogP contribution in [0.5, 0.6) is 0 Å². The highest BCUT2D eigenvalue weighted by Gasteiger charge is 2.29. The summed E-state index contributed by atoms with van der Waals surface area (Å²) < 4.78 is 28.6. The molecule has 0 aliphatic carbocycles. The van der Waals surface area contributed by atoms with Gasteiger partial charge in [0.05, 0.1) is 31.2 Å². The third kappa shape index (κ3) is 3.66. The van der Waals surface area contributed by atoms with Gasteiger partial charge in [-0.25, -0.2) is 23.3 Å². The van der Waals surface area contributed by atoms with Crippen LogP contribution in [0.15, 0.2) is 67.0 Å². The Morgan fingerprint density at radius 2 is 1.75 bits per heavy atom. The number of alkyl halides is 2. The lowest BCUT2D eigenvalue weighted by Gasteiger charge is -2.30. The molecule has 1 saturated heterocycles. The van der Waals surface area contributed by atoms with Crippen molar-refractivity contribution < 1.29 is 18.6 Å². The van der Waals surface area contributed by atoms with Crippen LogP contribution in [0.3, 0.4) is 0 Å². The molecule has 162 valence electrons. The van der Waals surface area contributed by atoms with Crippen LogP contribution in [0.4, 0.5) is 14.6 Å². The van der Waals surface area contributed by atoms with E-state index in [9.17, 15) is 13.6 Å². The molecule has 1 aromatic carbocycles. The molecule has 1 N–H and O–H groups in total. The Hall–Kier alpha value is -3.88. The number of hydrogen-bond donors (Lipinski definition) is 0. The van der Waals surface area contributed by atoms with Crippen LogP contribution in [-0.2, 0) is 0 Å². The van der Waals surface area contributed by atoms with Crippen molar-refractivity contribution >= 4 is 17.4 Å². The minimum Gasteiger partial charge on any atom is -0.331 e. The molecular formula is C23H21F2N6O+. The van der Waals surface area contributed by atoms with Gasteiger partial charge in [-0.2, -0.15) is 5.10 Å². The molecule has 1 aliphatic heterocycles. The molecule has 0 saturated carbocycles. The summed E-state index contributed by atoms with van der Waals surface area (Å²) in [6, 6.07) is 16.3. The predicted molar refractivity (Wildman–Crippen MR) is 114 cm³/mol. The number of halogens is 2. The molecule has 9 heteroatoms. The first-order valence-electron chi connectivity index (χ1n) is 10.3. The van der Waals surface area contributed by atoms with Gasteiger partial charge in [-0.05, 0) is 12.1 Å². The summed E-state index contributed by atoms with van der Waals surface area (Å²) in [5, 5.41) is 4.06. The molecule has 32 heavy (non-hydrogen) atoms. The van der Waals surface area contributed by atoms with Gasteiger partial charge in [0.2, 0.25) is 0 Å². The van der Waals surface area contributed by atoms with Crippen LogP contribution in [-0.4, -0.2) is 51.6 Å². The second-order valence-corrected chi connectivity index (χ2v) is 7.55. The number of pyridine rings is 1. The molecule has 0 atom stereocenters. The van der Waals surface area contributed by atoms with Crippen LogP contribution < -0.4 is 9.88 Å². The standard InChI is InChI=1S/C23H20F2N6O/c24-21(25)19-14-18(16-6-2-1-3-7-16)28-22-17(15-27-31(19)22)23(32)30-12-10-29(11-13-30)20-8-4-5-9-26-20/h1-9,14-15,21H,10-13H2/p+1. The van der Waals surface area contributed by atoms with Gasteiger partial charge in [0.25, 0.3) is 18.2 Å². The highest BCUT2D eigenvalue weighted by Crippen LogP contribution is 2.27. The zero-order chi connectivity index (χ0) is 22.1. The van der Waals surface area contributed by atoms with Gasteiger partial charge in [0.1, 0.15) is 24.3 Å². The first-order chi connectivity index (χ1) is 15.6. The Morgan fingerprint density at radius 3 is 2.44 bits per heavy atom. The molecule has 0 radical (unpaired) electrons. The number of carbonyl (C=O) groups excluding carboxylic acids is 1. The largest absolute Gasteiger partial charge is 0.331 e. The van der Waals surface area contributed by atoms with Gasteiger partial charge >= 0.3 is 0 Å². The van der Waals surface area contributed by atoms with E-state index >= 15 is 0 Å². The van der Waals surface area contributed by atoms with E-state index in [1.165, 1.54) is 12.3 Å². The first-order valence-corrected chi connectivity index (χ1v) is 10.3. The topological polar surface area (TPSA) is 67.9 Å². The highest BCUT2D eigenvalue weighted by atomic mass is 19.3. The smallest absolute Gasteiger partial charge is 0.280 e. The first kappa shape index (κ1) is 20.0. The molecule has 5 rings (SSSR count). The summed E-state index contributed by atoms with van der Waals surface area (Å²) in [4.78, 5) is 24.9. The van der Waals surface area contributed by atoms with Gasteiger partial charge in [-0.3, -0.25) is 9.69 Å². The second-order valence-electron chi connectivity index (χ2n) is 7.55. The number of nitrogens with one attached hydrogen (secondary N) is 1. The van der Waals surface area contributed by atoms with Crippen LogP contribution in [0.1, 0.15) is 22.5 Å². The molecule has 0 unspecified atom stereocenters. The summed E-state index contributed by atoms with van der Waals surface area (Å²) in [5.41, 5.74) is 1.16. The van der Waals surface area contributed by atoms with Crippen molar-refractivity contribution in [3.05, 3.63) is 78.2 Å². The van der Waals surface area contributed by atoms with E-state index in [1.54, 1.807) is 17.0 Å². The van der Waals surface area contributed by atoms with Gasteiger partial charge in [0.15, 0.2) is 5.65 Å². The van der Waals surface area contributed by atoms with Crippen LogP contribution in [0.2, 0.25) is 0 Å². The highest BCUT2D eigenvalue weighted by molar-refractivity contribution is 6.00. The summed E-state index contributed by atoms with van der Waals surface area (Å²) >= 11 is 0. The Morgan fingerprint density at radius 1 is 1.00 bits per heavy atom. The molecule has 1 fully saturated rings. The Balaban J connectivity index is 1.45. The molecule has 1 aliphatic rings. The summed E-state index contributed by atoms with van der Waals surface area (Å²) in [7, 11) is 0. The number of benzene rings is 1. The Labute approximate surface area is 182 Å². The number of carbonyl (C=O) groups is 1. The van der Waals surface area contributed by atoms with Crippen molar-refractivity contribution in [1.29, 1.82) is 0 Å². The van der Waals surface area contributed by atoms with Gasteiger partial charge in [-0.1, -0.05) is 36.4 Å². The molecule has 3 aromatic heterocycles. The summed E-state index contributed by atoms with van der Waals surface area (Å²) in [6.45, 7) is 2.35. The number of piperazine rings is 1. The molecule has 4 aromatic rings. The maximum Gasteiger partial charge on any atom is 0.280 e. The van der Waals surface area contributed by atoms with Crippen LogP contribution in [0, 0.1) is 0 Å². The second kappa shape index (κ2) is 8.33. The van der Waals surface area contributed by atoms with E-state index in [2.05, 4.69) is 20.0 Å². The fourth-order valence-corrected chi connectivity index (χ4v) is 3.95. The number of fused-ring (bicyclic) bond motifs is 1. The normalized spacial score (nSPS) is 14.3. The fourth-order valence-electron chi connectivity index (χ4n) is 3.95. The van der Waals surface area contributed by atoms with Crippen molar-refractivity contribution in [1.82, 2.24) is 19.5 Å². The number of nitrogens with zero attached hydrogens (tertiary/aromatic N) is 5. The maximum atomic E-state index is 13.8. The van der Waals surface area contributed by atoms with E-state index in [1.807, 2.05) is 42.6 Å². The zero-order valence-electron chi connectivity index (χ0n) is 17.2. The molecule has 7 nitrogen and oxygen atoms in total. The number of amides is 1. The third-order valence-electron chi connectivity index (χ3n) is 5.62. The molecular weight excluding hydrogens is 414 g/mol. The minimum absolute atomic E-state index is 0.144. The number of anilines is 1. The zero-order valence-corrected chi connectivity index (χ0v) is 17.2. The molecule has 0 bridgehead atoms. The minimum atomic E-state index is -2.75. The van der Waals surface area contributed by atoms with E-state index < -0.39 is 6.43 Å². The Bertz CT molecular complexity index is 1240. The van der Waals surface area contributed by atoms with E-state index in [4.69, 9.17) is 0 Å². The fraction of sp³-hybridized carbons (Fsp3) is 0.217. The number of aromatic nitrogens is 4. The number of rotatable bonds is 4. The average Bonchev–Trinajstić information content (AvgIpc) is 3.28. The number of hydrogen-bond acceptors (Lipinski definition) is 4. The Kier molecular flexibility index (Phi) is 5.22. The lowest BCUT2D eigenvalue weighted by Crippen LogP contribution is -2.50. The van der Waals surface area contributed by atoms with Gasteiger partial charge in [0, 0.05) is 11.6 Å². The molecule has 1 amide bonds. The van der Waals surface area contributed by atoms with Crippen molar-refractivity contribution in [2.24, 2.45) is 0 Å². The maximum absolute atomic E-state index is 13.8.